The second-order valence-corrected chi connectivity index (χ2v) is 2.72. The third-order valence-corrected chi connectivity index (χ3v) is 2.10. The monoisotopic (exact) mass is 132 g/mol. The lowest BCUT2D eigenvalue weighted by Crippen LogP contribution is -1.88. The van der Waals surface area contributed by atoms with Gasteiger partial charge in [-0.25, -0.2) is 0 Å². The zero-order valence-electron chi connectivity index (χ0n) is 6.73. The van der Waals surface area contributed by atoms with Gasteiger partial charge in [0.2, 0.25) is 0 Å². The van der Waals surface area contributed by atoms with Crippen molar-refractivity contribution in [3.63, 3.8) is 0 Å². The molecule has 1 aromatic carbocycles. The summed E-state index contributed by atoms with van der Waals surface area (Å²) in [6, 6.07) is 4.01. The Labute approximate surface area is 62.9 Å². The molecule has 1 aromatic rings. The van der Waals surface area contributed by atoms with E-state index in [9.17, 15) is 0 Å². The first-order valence-electron chi connectivity index (χ1n) is 3.45. The fourth-order valence-corrected chi connectivity index (χ4v) is 0.977. The molecule has 0 saturated heterocycles. The third-order valence-electron chi connectivity index (χ3n) is 2.10. The molecular weight excluding hydrogens is 120 g/mol. The van der Waals surface area contributed by atoms with Gasteiger partial charge >= 0.3 is 0 Å². The van der Waals surface area contributed by atoms with Gasteiger partial charge in [-0.15, -0.1) is 0 Å². The van der Waals surface area contributed by atoms with Crippen molar-refractivity contribution in [1.29, 1.82) is 0 Å². The Kier molecular flexibility index (Phi) is 1.80. The van der Waals surface area contributed by atoms with Crippen molar-refractivity contribution >= 4 is 0 Å². The third kappa shape index (κ3) is 1.06. The van der Waals surface area contributed by atoms with Crippen molar-refractivity contribution in [3.8, 4) is 0 Å². The zero-order valence-corrected chi connectivity index (χ0v) is 6.73. The van der Waals surface area contributed by atoms with Crippen molar-refractivity contribution in [2.24, 2.45) is 0 Å². The van der Waals surface area contributed by atoms with Crippen LogP contribution in [0.3, 0.4) is 0 Å². The highest BCUT2D eigenvalue weighted by atomic mass is 14.0. The van der Waals surface area contributed by atoms with E-state index in [0.717, 1.165) is 5.56 Å². The van der Waals surface area contributed by atoms with Crippen molar-refractivity contribution < 1.29 is 0 Å². The first kappa shape index (κ1) is 7.33. The van der Waals surface area contributed by atoms with E-state index in [1.54, 1.807) is 0 Å². The number of hydrogen-bond acceptors (Lipinski definition) is 0. The normalized spacial score (nSPS) is 10.0. The smallest absolute Gasteiger partial charge is 0.000912 e. The van der Waals surface area contributed by atoms with Gasteiger partial charge in [0.25, 0.3) is 0 Å². The molecule has 0 atom stereocenters. The molecule has 0 aliphatic carbocycles. The molecule has 2 radical (unpaired) electrons. The second kappa shape index (κ2) is 2.45. The number of aryl methyl sites for hydroxylation is 1. The van der Waals surface area contributed by atoms with Crippen molar-refractivity contribution in [2.45, 2.75) is 20.8 Å². The molecule has 0 unspecified atom stereocenters. The maximum Gasteiger partial charge on any atom is -0.000912 e. The maximum absolute atomic E-state index is 5.69. The molecule has 0 heteroatoms. The van der Waals surface area contributed by atoms with Crippen LogP contribution in [-0.4, -0.2) is 0 Å². The van der Waals surface area contributed by atoms with Crippen LogP contribution in [-0.2, 0) is 0 Å². The van der Waals surface area contributed by atoms with Gasteiger partial charge in [-0.1, -0.05) is 12.1 Å². The minimum atomic E-state index is 0.892. The standard InChI is InChI=1S/C10H12/c1-7-5-6-8(2)10(4)9(7)3/h1,5-6H,2-4H3. The van der Waals surface area contributed by atoms with Gasteiger partial charge in [-0.3, -0.25) is 0 Å². The van der Waals surface area contributed by atoms with Crippen LogP contribution < -0.4 is 0 Å². The predicted octanol–water partition coefficient (Wildman–Crippen LogP) is 2.67. The van der Waals surface area contributed by atoms with Gasteiger partial charge in [0.05, 0.1) is 0 Å². The minimum absolute atomic E-state index is 0.892. The topological polar surface area (TPSA) is 0 Å². The summed E-state index contributed by atoms with van der Waals surface area (Å²) in [6.45, 7) is 11.9. The van der Waals surface area contributed by atoms with Gasteiger partial charge in [0.1, 0.15) is 0 Å². The highest BCUT2D eigenvalue weighted by molar-refractivity contribution is 5.39. The molecule has 0 nitrogen and oxygen atoms in total. The summed E-state index contributed by atoms with van der Waals surface area (Å²) in [6.07, 6.45) is 0. The molecule has 0 aliphatic heterocycles. The van der Waals surface area contributed by atoms with Crippen LogP contribution in [0.4, 0.5) is 0 Å². The van der Waals surface area contributed by atoms with E-state index >= 15 is 0 Å². The Hall–Kier alpha value is -0.780. The number of rotatable bonds is 0. The van der Waals surface area contributed by atoms with Crippen LogP contribution in [0.25, 0.3) is 0 Å². The first-order chi connectivity index (χ1) is 4.63. The van der Waals surface area contributed by atoms with Gasteiger partial charge < -0.3 is 0 Å². The van der Waals surface area contributed by atoms with E-state index in [0.29, 0.717) is 0 Å². The quantitative estimate of drug-likeness (QED) is 0.509. The average Bonchev–Trinajstić information content (AvgIpc) is 1.93. The summed E-state index contributed by atoms with van der Waals surface area (Å²) in [4.78, 5) is 0. The highest BCUT2D eigenvalue weighted by Gasteiger charge is 1.97. The zero-order chi connectivity index (χ0) is 7.72. The van der Waals surface area contributed by atoms with Crippen LogP contribution >= 0.6 is 0 Å². The molecule has 0 fully saturated rings. The lowest BCUT2D eigenvalue weighted by molar-refractivity contribution is 1.25. The Morgan fingerprint density at radius 1 is 1.00 bits per heavy atom. The first-order valence-corrected chi connectivity index (χ1v) is 3.45. The molecule has 0 amide bonds. The largest absolute Gasteiger partial charge is 0.0588 e. The SMILES string of the molecule is [CH]c1ccc(C)c(C)c1C. The molecule has 10 heavy (non-hydrogen) atoms. The van der Waals surface area contributed by atoms with Crippen molar-refractivity contribution in [1.82, 2.24) is 0 Å². The lowest BCUT2D eigenvalue weighted by atomic mass is 10.0. The van der Waals surface area contributed by atoms with E-state index in [1.165, 1.54) is 16.7 Å². The van der Waals surface area contributed by atoms with E-state index in [4.69, 9.17) is 6.92 Å². The summed E-state index contributed by atoms with van der Waals surface area (Å²) in [7, 11) is 0. The summed E-state index contributed by atoms with van der Waals surface area (Å²) in [5.41, 5.74) is 4.72. The van der Waals surface area contributed by atoms with Gasteiger partial charge in [0.15, 0.2) is 0 Å². The lowest BCUT2D eigenvalue weighted by Gasteiger charge is -2.05. The predicted molar refractivity (Wildman–Crippen MR) is 44.1 cm³/mol. The molecule has 0 heterocycles. The van der Waals surface area contributed by atoms with E-state index in [1.807, 2.05) is 6.07 Å². The summed E-state index contributed by atoms with van der Waals surface area (Å²) >= 11 is 0. The minimum Gasteiger partial charge on any atom is -0.0588 e. The van der Waals surface area contributed by atoms with Gasteiger partial charge in [-0.05, 0) is 49.9 Å². The Morgan fingerprint density at radius 2 is 1.60 bits per heavy atom. The van der Waals surface area contributed by atoms with E-state index < -0.39 is 0 Å². The van der Waals surface area contributed by atoms with Crippen LogP contribution in [0.1, 0.15) is 22.3 Å². The van der Waals surface area contributed by atoms with Crippen LogP contribution in [0.15, 0.2) is 12.1 Å². The maximum atomic E-state index is 5.69. The summed E-state index contributed by atoms with van der Waals surface area (Å²) in [5.74, 6) is 0. The summed E-state index contributed by atoms with van der Waals surface area (Å²) in [5, 5.41) is 0. The fourth-order valence-electron chi connectivity index (χ4n) is 0.977. The Bertz CT molecular complexity index is 219. The fraction of sp³-hybridized carbons (Fsp3) is 0.300. The molecule has 0 aliphatic rings. The van der Waals surface area contributed by atoms with Crippen molar-refractivity contribution in [3.05, 3.63) is 41.3 Å². The van der Waals surface area contributed by atoms with E-state index in [2.05, 4.69) is 26.8 Å². The van der Waals surface area contributed by atoms with Crippen LogP contribution in [0.5, 0.6) is 0 Å². The van der Waals surface area contributed by atoms with Gasteiger partial charge in [-0.2, -0.15) is 0 Å². The molecule has 0 aromatic heterocycles. The Balaban J connectivity index is 3.34. The van der Waals surface area contributed by atoms with E-state index in [-0.39, 0.29) is 0 Å². The molecule has 0 N–H and O–H groups in total. The molecule has 1 rings (SSSR count). The number of benzene rings is 1. The molecule has 0 spiro atoms. The Morgan fingerprint density at radius 3 is 2.10 bits per heavy atom. The summed E-state index contributed by atoms with van der Waals surface area (Å²) < 4.78 is 0. The molecular formula is C10H12. The van der Waals surface area contributed by atoms with Crippen LogP contribution in [0, 0.1) is 27.7 Å². The molecule has 52 valence electrons. The molecule has 0 saturated carbocycles. The van der Waals surface area contributed by atoms with Crippen molar-refractivity contribution in [2.75, 3.05) is 0 Å². The van der Waals surface area contributed by atoms with Crippen LogP contribution in [0.2, 0.25) is 0 Å². The average molecular weight is 132 g/mol. The number of hydrogen-bond donors (Lipinski definition) is 0. The molecule has 0 bridgehead atoms. The van der Waals surface area contributed by atoms with Gasteiger partial charge in [0, 0.05) is 0 Å². The second-order valence-electron chi connectivity index (χ2n) is 2.72. The highest BCUT2D eigenvalue weighted by Crippen LogP contribution is 2.15.